The van der Waals surface area contributed by atoms with Gasteiger partial charge >= 0.3 is 17.8 Å². The predicted octanol–water partition coefficient (Wildman–Crippen LogP) is 3.24. The van der Waals surface area contributed by atoms with Crippen LogP contribution in [0.2, 0.25) is 0 Å². The normalized spacial score (nSPS) is 15.2. The lowest BCUT2D eigenvalue weighted by Gasteiger charge is -2.35. The van der Waals surface area contributed by atoms with Crippen molar-refractivity contribution in [3.63, 3.8) is 0 Å². The number of nitriles is 1. The molecule has 1 amide bonds. The number of aromatic nitrogens is 3. The summed E-state index contributed by atoms with van der Waals surface area (Å²) in [6.07, 6.45) is -4.44. The SMILES string of the molecule is CC(=O)NCCc1cc(C#N)ccc1[C@@H]1C(C(=O)O)=C(C)N(c2cccc(C(F)(F)F)c2)c2n[nH]c(=O)n21. The minimum atomic E-state index is -4.65. The van der Waals surface area contributed by atoms with E-state index < -0.39 is 29.4 Å². The summed E-state index contributed by atoms with van der Waals surface area (Å²) in [6, 6.07) is 9.55. The van der Waals surface area contributed by atoms with Crippen LogP contribution >= 0.6 is 0 Å². The molecule has 0 radical (unpaired) electrons. The first-order valence-corrected chi connectivity index (χ1v) is 11.3. The molecule has 2 heterocycles. The minimum Gasteiger partial charge on any atom is -0.478 e. The molecule has 0 saturated heterocycles. The number of amides is 1. The van der Waals surface area contributed by atoms with Crippen molar-refractivity contribution in [2.24, 2.45) is 0 Å². The van der Waals surface area contributed by atoms with Crippen LogP contribution in [0.15, 0.2) is 58.5 Å². The second kappa shape index (κ2) is 9.89. The summed E-state index contributed by atoms with van der Waals surface area (Å²) in [4.78, 5) is 38.1. The molecule has 1 aliphatic heterocycles. The Bertz CT molecular complexity index is 1560. The number of hydrogen-bond acceptors (Lipinski definition) is 6. The lowest BCUT2D eigenvalue weighted by atomic mass is 9.89. The van der Waals surface area contributed by atoms with Gasteiger partial charge in [0.05, 0.1) is 22.8 Å². The quantitative estimate of drug-likeness (QED) is 0.447. The molecule has 0 aliphatic carbocycles. The van der Waals surface area contributed by atoms with Crippen molar-refractivity contribution in [1.29, 1.82) is 5.26 Å². The third-order valence-corrected chi connectivity index (χ3v) is 6.14. The number of halogens is 3. The number of aliphatic carboxylic acids is 1. The van der Waals surface area contributed by atoms with Gasteiger partial charge in [0.15, 0.2) is 0 Å². The molecule has 4 rings (SSSR count). The smallest absolute Gasteiger partial charge is 0.416 e. The number of alkyl halides is 3. The van der Waals surface area contributed by atoms with Gasteiger partial charge in [-0.1, -0.05) is 12.1 Å². The third-order valence-electron chi connectivity index (χ3n) is 6.14. The number of nitrogens with zero attached hydrogens (tertiary/aromatic N) is 4. The highest BCUT2D eigenvalue weighted by atomic mass is 19.4. The first-order chi connectivity index (χ1) is 17.9. The van der Waals surface area contributed by atoms with Crippen molar-refractivity contribution < 1.29 is 27.9 Å². The number of nitrogens with one attached hydrogen (secondary N) is 2. The number of carbonyl (C=O) groups is 2. The van der Waals surface area contributed by atoms with E-state index in [-0.39, 0.29) is 47.3 Å². The molecule has 1 aromatic heterocycles. The van der Waals surface area contributed by atoms with Crippen molar-refractivity contribution in [2.45, 2.75) is 32.5 Å². The number of fused-ring (bicyclic) bond motifs is 1. The molecular formula is C25H21F3N6O4. The zero-order valence-corrected chi connectivity index (χ0v) is 20.1. The molecule has 38 heavy (non-hydrogen) atoms. The van der Waals surface area contributed by atoms with Gasteiger partial charge in [-0.05, 0) is 54.8 Å². The Morgan fingerprint density at radius 2 is 1.97 bits per heavy atom. The zero-order chi connectivity index (χ0) is 27.8. The standard InChI is InChI=1S/C25H21F3N6O4/c1-13-20(22(36)37)21(19-7-6-15(12-29)10-16(19)8-9-30-14(2)35)34-23(31-32-24(34)38)33(13)18-5-3-4-17(11-18)25(26,27)28/h3-7,10-11,21H,8-9H2,1-2H3,(H,30,35)(H,32,38)(H,36,37)/t21-/m1/s1. The Kier molecular flexibility index (Phi) is 6.82. The molecule has 3 aromatic rings. The number of anilines is 2. The van der Waals surface area contributed by atoms with Gasteiger partial charge < -0.3 is 10.4 Å². The maximum atomic E-state index is 13.4. The van der Waals surface area contributed by atoms with E-state index >= 15 is 0 Å². The number of aromatic amines is 1. The Morgan fingerprint density at radius 3 is 2.61 bits per heavy atom. The lowest BCUT2D eigenvalue weighted by molar-refractivity contribution is -0.137. The summed E-state index contributed by atoms with van der Waals surface area (Å²) >= 11 is 0. The van der Waals surface area contributed by atoms with Crippen LogP contribution < -0.4 is 15.9 Å². The van der Waals surface area contributed by atoms with Gasteiger partial charge in [0.2, 0.25) is 11.9 Å². The van der Waals surface area contributed by atoms with Crippen molar-refractivity contribution in [1.82, 2.24) is 20.1 Å². The number of rotatable bonds is 6. The summed E-state index contributed by atoms with van der Waals surface area (Å²) in [7, 11) is 0. The van der Waals surface area contributed by atoms with Crippen LogP contribution in [0.1, 0.15) is 42.1 Å². The van der Waals surface area contributed by atoms with Crippen molar-refractivity contribution in [2.75, 3.05) is 11.4 Å². The van der Waals surface area contributed by atoms with Crippen molar-refractivity contribution >= 4 is 23.5 Å². The number of carbonyl (C=O) groups excluding carboxylic acids is 1. The van der Waals surface area contributed by atoms with Crippen LogP contribution in [-0.4, -0.2) is 38.3 Å². The fraction of sp³-hybridized carbons (Fsp3) is 0.240. The number of allylic oxidation sites excluding steroid dienone is 1. The molecule has 13 heteroatoms. The summed E-state index contributed by atoms with van der Waals surface area (Å²) in [6.45, 7) is 2.93. The monoisotopic (exact) mass is 526 g/mol. The van der Waals surface area contributed by atoms with Gasteiger partial charge in [-0.3, -0.25) is 9.69 Å². The van der Waals surface area contributed by atoms with Gasteiger partial charge in [0.25, 0.3) is 0 Å². The van der Waals surface area contributed by atoms with Crippen LogP contribution in [0.3, 0.4) is 0 Å². The highest BCUT2D eigenvalue weighted by molar-refractivity contribution is 5.92. The Labute approximate surface area is 213 Å². The largest absolute Gasteiger partial charge is 0.478 e. The molecule has 0 bridgehead atoms. The van der Waals surface area contributed by atoms with E-state index in [0.717, 1.165) is 16.7 Å². The number of benzene rings is 2. The third kappa shape index (κ3) is 4.75. The average molecular weight is 526 g/mol. The van der Waals surface area contributed by atoms with E-state index in [9.17, 15) is 37.9 Å². The minimum absolute atomic E-state index is 0.0412. The predicted molar refractivity (Wildman–Crippen MR) is 128 cm³/mol. The van der Waals surface area contributed by atoms with E-state index in [1.54, 1.807) is 0 Å². The van der Waals surface area contributed by atoms with Crippen LogP contribution in [-0.2, 0) is 22.2 Å². The van der Waals surface area contributed by atoms with Crippen LogP contribution in [0.4, 0.5) is 24.8 Å². The van der Waals surface area contributed by atoms with Crippen molar-refractivity contribution in [3.05, 3.63) is 86.5 Å². The number of carboxylic acid groups (broad SMARTS) is 1. The highest BCUT2D eigenvalue weighted by Gasteiger charge is 2.40. The molecular weight excluding hydrogens is 505 g/mol. The Hall–Kier alpha value is -4.86. The Balaban J connectivity index is 1.95. The second-order valence-electron chi connectivity index (χ2n) is 8.55. The van der Waals surface area contributed by atoms with Crippen molar-refractivity contribution in [3.8, 4) is 6.07 Å². The van der Waals surface area contributed by atoms with Crippen LogP contribution in [0, 0.1) is 11.3 Å². The molecule has 0 unspecified atom stereocenters. The van der Waals surface area contributed by atoms with E-state index in [1.807, 2.05) is 6.07 Å². The fourth-order valence-electron chi connectivity index (χ4n) is 4.51. The molecule has 0 spiro atoms. The molecule has 10 nitrogen and oxygen atoms in total. The molecule has 2 aromatic carbocycles. The molecule has 0 fully saturated rings. The summed E-state index contributed by atoms with van der Waals surface area (Å²) in [5, 5.41) is 28.6. The van der Waals surface area contributed by atoms with Gasteiger partial charge in [-0.25, -0.2) is 19.3 Å². The summed E-state index contributed by atoms with van der Waals surface area (Å²) in [5.74, 6) is -1.80. The molecule has 1 aliphatic rings. The van der Waals surface area contributed by atoms with Crippen LogP contribution in [0.25, 0.3) is 0 Å². The molecule has 3 N–H and O–H groups in total. The van der Waals surface area contributed by atoms with Gasteiger partial charge in [-0.15, -0.1) is 5.10 Å². The zero-order valence-electron chi connectivity index (χ0n) is 20.1. The van der Waals surface area contributed by atoms with E-state index in [2.05, 4.69) is 15.5 Å². The van der Waals surface area contributed by atoms with Crippen LogP contribution in [0.5, 0.6) is 0 Å². The van der Waals surface area contributed by atoms with E-state index in [4.69, 9.17) is 0 Å². The van der Waals surface area contributed by atoms with Gasteiger partial charge in [-0.2, -0.15) is 18.4 Å². The Morgan fingerprint density at radius 1 is 1.24 bits per heavy atom. The fourth-order valence-corrected chi connectivity index (χ4v) is 4.51. The summed E-state index contributed by atoms with van der Waals surface area (Å²) in [5.41, 5.74) is -0.871. The number of H-pyrrole nitrogens is 1. The topological polar surface area (TPSA) is 144 Å². The van der Waals surface area contributed by atoms with Gasteiger partial charge in [0.1, 0.15) is 6.04 Å². The van der Waals surface area contributed by atoms with E-state index in [1.165, 1.54) is 49.1 Å². The second-order valence-corrected chi connectivity index (χ2v) is 8.55. The van der Waals surface area contributed by atoms with E-state index in [0.29, 0.717) is 11.1 Å². The first kappa shape index (κ1) is 26.2. The van der Waals surface area contributed by atoms with Gasteiger partial charge in [0, 0.05) is 24.9 Å². The summed E-state index contributed by atoms with van der Waals surface area (Å²) < 4.78 is 41.3. The number of carboxylic acids is 1. The first-order valence-electron chi connectivity index (χ1n) is 11.3. The number of hydrogen-bond donors (Lipinski definition) is 3. The molecule has 1 atom stereocenters. The molecule has 196 valence electrons. The highest BCUT2D eigenvalue weighted by Crippen LogP contribution is 2.43. The maximum absolute atomic E-state index is 13.4. The lowest BCUT2D eigenvalue weighted by Crippen LogP contribution is -2.38. The maximum Gasteiger partial charge on any atom is 0.416 e. The average Bonchev–Trinajstić information content (AvgIpc) is 3.23. The molecule has 0 saturated carbocycles.